The highest BCUT2D eigenvalue weighted by Crippen LogP contribution is 2.16. The summed E-state index contributed by atoms with van der Waals surface area (Å²) in [6.07, 6.45) is 41.0. The number of carbonyl (C=O) groups is 2. The molecule has 4 nitrogen and oxygen atoms in total. The van der Waals surface area contributed by atoms with E-state index in [9.17, 15) is 14.7 Å². The second kappa shape index (κ2) is 34.2. The molecular weight excluding hydrogens is 520 g/mol. The molecule has 1 unspecified atom stereocenters. The Labute approximate surface area is 262 Å². The predicted molar refractivity (Wildman–Crippen MR) is 181 cm³/mol. The number of hydrogen-bond acceptors (Lipinski definition) is 3. The van der Waals surface area contributed by atoms with E-state index in [1.807, 2.05) is 0 Å². The number of ether oxygens (including phenoxy) is 1. The third-order valence-electron chi connectivity index (χ3n) is 8.51. The topological polar surface area (TPSA) is 63.6 Å². The molecule has 0 saturated heterocycles. The maximum Gasteiger partial charge on any atom is 0.345 e. The molecule has 1 atom stereocenters. The molecule has 248 valence electrons. The van der Waals surface area contributed by atoms with E-state index in [0.29, 0.717) is 12.8 Å². The Morgan fingerprint density at radius 1 is 0.500 bits per heavy atom. The van der Waals surface area contributed by atoms with Gasteiger partial charge in [-0.05, 0) is 44.9 Å². The van der Waals surface area contributed by atoms with E-state index in [2.05, 4.69) is 26.0 Å². The summed E-state index contributed by atoms with van der Waals surface area (Å²) >= 11 is 0. The Balaban J connectivity index is 3.53. The first-order chi connectivity index (χ1) is 20.6. The second-order valence-electron chi connectivity index (χ2n) is 12.7. The second-order valence-corrected chi connectivity index (χ2v) is 12.7. The fraction of sp³-hybridized carbons (Fsp3) is 0.895. The minimum Gasteiger partial charge on any atom is -0.479 e. The number of esters is 1. The number of unbranched alkanes of at least 4 members (excludes halogenated alkanes) is 26. The van der Waals surface area contributed by atoms with Crippen LogP contribution < -0.4 is 0 Å². The van der Waals surface area contributed by atoms with E-state index in [1.54, 1.807) is 0 Å². The summed E-state index contributed by atoms with van der Waals surface area (Å²) in [7, 11) is 0. The average molecular weight is 593 g/mol. The largest absolute Gasteiger partial charge is 0.479 e. The van der Waals surface area contributed by atoms with Gasteiger partial charge in [-0.3, -0.25) is 4.79 Å². The lowest BCUT2D eigenvalue weighted by molar-refractivity contribution is -0.164. The van der Waals surface area contributed by atoms with Crippen LogP contribution in [0.5, 0.6) is 0 Å². The molecule has 0 aromatic rings. The smallest absolute Gasteiger partial charge is 0.345 e. The Kier molecular flexibility index (Phi) is 33.1. The molecule has 0 aliphatic rings. The van der Waals surface area contributed by atoms with Crippen molar-refractivity contribution < 1.29 is 19.4 Å². The molecule has 0 rings (SSSR count). The number of carboxylic acids is 1. The van der Waals surface area contributed by atoms with E-state index >= 15 is 0 Å². The summed E-state index contributed by atoms with van der Waals surface area (Å²) in [4.78, 5) is 23.7. The van der Waals surface area contributed by atoms with E-state index in [-0.39, 0.29) is 5.97 Å². The molecule has 0 radical (unpaired) electrons. The van der Waals surface area contributed by atoms with Crippen molar-refractivity contribution in [2.24, 2.45) is 0 Å². The molecule has 0 spiro atoms. The maximum absolute atomic E-state index is 12.2. The highest BCUT2D eigenvalue weighted by Gasteiger charge is 2.21. The lowest BCUT2D eigenvalue weighted by Gasteiger charge is -2.13. The Hall–Kier alpha value is -1.32. The van der Waals surface area contributed by atoms with E-state index in [1.165, 1.54) is 141 Å². The SMILES string of the molecule is CCCCCC/C=C\CCCCCCCC(=O)OC(CCCCCCCCCCCCCCCCCCCC)C(=O)O. The Bertz CT molecular complexity index is 600. The number of rotatable bonds is 34. The highest BCUT2D eigenvalue weighted by molar-refractivity contribution is 5.77. The van der Waals surface area contributed by atoms with Gasteiger partial charge in [0.1, 0.15) is 0 Å². The summed E-state index contributed by atoms with van der Waals surface area (Å²) in [6.45, 7) is 4.52. The van der Waals surface area contributed by atoms with Crippen molar-refractivity contribution in [3.8, 4) is 0 Å². The van der Waals surface area contributed by atoms with Crippen molar-refractivity contribution in [2.45, 2.75) is 219 Å². The van der Waals surface area contributed by atoms with Crippen LogP contribution in [0.15, 0.2) is 12.2 Å². The first-order valence-electron chi connectivity index (χ1n) is 18.7. The van der Waals surface area contributed by atoms with Crippen molar-refractivity contribution in [1.29, 1.82) is 0 Å². The predicted octanol–water partition coefficient (Wildman–Crippen LogP) is 12.7. The van der Waals surface area contributed by atoms with Crippen LogP contribution in [0.4, 0.5) is 0 Å². The molecule has 0 aliphatic heterocycles. The molecule has 0 aromatic carbocycles. The lowest BCUT2D eigenvalue weighted by atomic mass is 10.0. The van der Waals surface area contributed by atoms with Crippen LogP contribution >= 0.6 is 0 Å². The first kappa shape index (κ1) is 40.7. The number of carboxylic acid groups (broad SMARTS) is 1. The van der Waals surface area contributed by atoms with Gasteiger partial charge in [0.15, 0.2) is 6.10 Å². The quantitative estimate of drug-likeness (QED) is 0.0458. The molecule has 0 fully saturated rings. The number of aliphatic carboxylic acids is 1. The zero-order chi connectivity index (χ0) is 30.8. The molecule has 0 aromatic heterocycles. The van der Waals surface area contributed by atoms with E-state index < -0.39 is 12.1 Å². The molecule has 0 heterocycles. The van der Waals surface area contributed by atoms with Gasteiger partial charge in [-0.25, -0.2) is 4.79 Å². The molecule has 4 heteroatoms. The number of allylic oxidation sites excluding steroid dienone is 2. The lowest BCUT2D eigenvalue weighted by Crippen LogP contribution is -2.27. The minimum atomic E-state index is -1.01. The monoisotopic (exact) mass is 593 g/mol. The van der Waals surface area contributed by atoms with Gasteiger partial charge < -0.3 is 9.84 Å². The van der Waals surface area contributed by atoms with Gasteiger partial charge in [0.2, 0.25) is 0 Å². The third kappa shape index (κ3) is 31.6. The van der Waals surface area contributed by atoms with E-state index in [0.717, 1.165) is 44.9 Å². The van der Waals surface area contributed by atoms with Crippen LogP contribution in [0.1, 0.15) is 213 Å². The zero-order valence-electron chi connectivity index (χ0n) is 28.3. The molecular formula is C38H72O4. The van der Waals surface area contributed by atoms with Crippen molar-refractivity contribution >= 4 is 11.9 Å². The van der Waals surface area contributed by atoms with Crippen molar-refractivity contribution in [3.05, 3.63) is 12.2 Å². The average Bonchev–Trinajstić information content (AvgIpc) is 2.98. The standard InChI is InChI=1S/C38H72O4/c1-3-5-7-9-11-13-15-17-18-19-20-21-23-24-26-28-30-32-34-36(38(40)41)42-37(39)35-33-31-29-27-25-22-16-14-12-10-8-6-4-2/h14,16,36H,3-13,15,17-35H2,1-2H3,(H,40,41)/b16-14-. The van der Waals surface area contributed by atoms with Crippen LogP contribution in [0, 0.1) is 0 Å². The fourth-order valence-corrected chi connectivity index (χ4v) is 5.67. The summed E-state index contributed by atoms with van der Waals surface area (Å²) in [6, 6.07) is 0. The zero-order valence-corrected chi connectivity index (χ0v) is 28.3. The van der Waals surface area contributed by atoms with Crippen LogP contribution in [-0.4, -0.2) is 23.1 Å². The highest BCUT2D eigenvalue weighted by atomic mass is 16.6. The number of carbonyl (C=O) groups excluding carboxylic acids is 1. The van der Waals surface area contributed by atoms with Gasteiger partial charge in [0, 0.05) is 6.42 Å². The molecule has 0 bridgehead atoms. The summed E-state index contributed by atoms with van der Waals surface area (Å²) in [5, 5.41) is 9.47. The maximum atomic E-state index is 12.2. The van der Waals surface area contributed by atoms with E-state index in [4.69, 9.17) is 4.74 Å². The van der Waals surface area contributed by atoms with Crippen molar-refractivity contribution in [2.75, 3.05) is 0 Å². The van der Waals surface area contributed by atoms with Crippen LogP contribution in [-0.2, 0) is 14.3 Å². The molecule has 0 saturated carbocycles. The molecule has 0 aliphatic carbocycles. The summed E-state index contributed by atoms with van der Waals surface area (Å²) < 4.78 is 5.30. The normalized spacial score (nSPS) is 12.2. The van der Waals surface area contributed by atoms with Crippen molar-refractivity contribution in [1.82, 2.24) is 0 Å². The van der Waals surface area contributed by atoms with Gasteiger partial charge in [-0.15, -0.1) is 0 Å². The molecule has 1 N–H and O–H groups in total. The van der Waals surface area contributed by atoms with Gasteiger partial charge in [0.05, 0.1) is 0 Å². The van der Waals surface area contributed by atoms with Gasteiger partial charge in [-0.2, -0.15) is 0 Å². The van der Waals surface area contributed by atoms with Gasteiger partial charge in [0.25, 0.3) is 0 Å². The van der Waals surface area contributed by atoms with Gasteiger partial charge in [-0.1, -0.05) is 174 Å². The number of hydrogen-bond donors (Lipinski definition) is 1. The van der Waals surface area contributed by atoms with Crippen LogP contribution in [0.25, 0.3) is 0 Å². The Morgan fingerprint density at radius 3 is 1.24 bits per heavy atom. The first-order valence-corrected chi connectivity index (χ1v) is 18.7. The summed E-state index contributed by atoms with van der Waals surface area (Å²) in [5.41, 5.74) is 0. The molecule has 0 amide bonds. The summed E-state index contributed by atoms with van der Waals surface area (Å²) in [5.74, 6) is -1.36. The van der Waals surface area contributed by atoms with Crippen LogP contribution in [0.3, 0.4) is 0 Å². The Morgan fingerprint density at radius 2 is 0.833 bits per heavy atom. The van der Waals surface area contributed by atoms with Crippen molar-refractivity contribution in [3.63, 3.8) is 0 Å². The van der Waals surface area contributed by atoms with Gasteiger partial charge >= 0.3 is 11.9 Å². The fourth-order valence-electron chi connectivity index (χ4n) is 5.67. The minimum absolute atomic E-state index is 0.334. The van der Waals surface area contributed by atoms with Crippen LogP contribution in [0.2, 0.25) is 0 Å². The third-order valence-corrected chi connectivity index (χ3v) is 8.51. The molecule has 42 heavy (non-hydrogen) atoms.